The van der Waals surface area contributed by atoms with Crippen LogP contribution >= 0.6 is 0 Å². The number of likely N-dealkylation sites (N-methyl/N-ethyl adjacent to an activating group) is 1. The number of nitrogens with two attached hydrogens (primary N) is 1. The van der Waals surface area contributed by atoms with Crippen LogP contribution in [0.3, 0.4) is 0 Å². The highest BCUT2D eigenvalue weighted by atomic mass is 15.3. The average molecular weight is 289 g/mol. The molecule has 2 fully saturated rings. The summed E-state index contributed by atoms with van der Waals surface area (Å²) in [5.74, 6) is 0.879. The van der Waals surface area contributed by atoms with Gasteiger partial charge in [0, 0.05) is 43.6 Å². The van der Waals surface area contributed by atoms with Crippen molar-refractivity contribution in [3.63, 3.8) is 0 Å². The highest BCUT2D eigenvalue weighted by Gasteiger charge is 2.35. The predicted octanol–water partition coefficient (Wildman–Crippen LogP) is 1.43. The third-order valence-electron chi connectivity index (χ3n) is 5.15. The van der Waals surface area contributed by atoms with Gasteiger partial charge in [0.25, 0.3) is 0 Å². The van der Waals surface area contributed by atoms with E-state index in [2.05, 4.69) is 33.7 Å². The molecular formula is C16H27N5. The second kappa shape index (κ2) is 6.28. The molecule has 3 heterocycles. The van der Waals surface area contributed by atoms with Crippen molar-refractivity contribution < 1.29 is 0 Å². The van der Waals surface area contributed by atoms with Gasteiger partial charge in [0.15, 0.2) is 0 Å². The number of fused-ring (bicyclic) bond motifs is 2. The molecule has 0 saturated carbocycles. The summed E-state index contributed by atoms with van der Waals surface area (Å²) in [6, 6.07) is 1.62. The van der Waals surface area contributed by atoms with Crippen molar-refractivity contribution in [2.24, 2.45) is 5.73 Å². The van der Waals surface area contributed by atoms with Gasteiger partial charge in [-0.15, -0.1) is 0 Å². The van der Waals surface area contributed by atoms with Crippen molar-refractivity contribution in [1.29, 1.82) is 0 Å². The molecule has 0 radical (unpaired) electrons. The van der Waals surface area contributed by atoms with E-state index in [1.54, 1.807) is 0 Å². The lowest BCUT2D eigenvalue weighted by Crippen LogP contribution is -2.37. The minimum Gasteiger partial charge on any atom is -0.339 e. The molecule has 2 N–H and O–H groups in total. The third-order valence-corrected chi connectivity index (χ3v) is 5.15. The van der Waals surface area contributed by atoms with Crippen molar-refractivity contribution in [3.05, 3.63) is 18.0 Å². The molecule has 0 aromatic carbocycles. The Balaban J connectivity index is 1.67. The second-order valence-corrected chi connectivity index (χ2v) is 6.55. The maximum atomic E-state index is 5.99. The van der Waals surface area contributed by atoms with Crippen LogP contribution in [0, 0.1) is 0 Å². The van der Waals surface area contributed by atoms with Gasteiger partial charge in [-0.1, -0.05) is 6.92 Å². The second-order valence-electron chi connectivity index (χ2n) is 6.55. The fourth-order valence-electron chi connectivity index (χ4n) is 3.55. The molecule has 3 rings (SSSR count). The number of hydrogen-bond acceptors (Lipinski definition) is 5. The van der Waals surface area contributed by atoms with Crippen molar-refractivity contribution in [2.45, 2.75) is 57.2 Å². The molecule has 116 valence electrons. The predicted molar refractivity (Wildman–Crippen MR) is 85.4 cm³/mol. The minimum atomic E-state index is 0.210. The zero-order chi connectivity index (χ0) is 14.8. The Morgan fingerprint density at radius 1 is 1.24 bits per heavy atom. The molecule has 5 heteroatoms. The molecule has 3 unspecified atom stereocenters. The van der Waals surface area contributed by atoms with E-state index in [1.807, 2.05) is 12.4 Å². The van der Waals surface area contributed by atoms with Crippen LogP contribution in [-0.4, -0.2) is 53.1 Å². The number of aromatic nitrogens is 2. The lowest BCUT2D eigenvalue weighted by atomic mass is 10.1. The summed E-state index contributed by atoms with van der Waals surface area (Å²) in [5.41, 5.74) is 7.13. The molecule has 21 heavy (non-hydrogen) atoms. The highest BCUT2D eigenvalue weighted by Crippen LogP contribution is 2.29. The molecule has 3 atom stereocenters. The molecule has 2 bridgehead atoms. The van der Waals surface area contributed by atoms with E-state index in [4.69, 9.17) is 5.73 Å². The van der Waals surface area contributed by atoms with Crippen LogP contribution in [-0.2, 0) is 6.42 Å². The van der Waals surface area contributed by atoms with Gasteiger partial charge in [-0.05, 0) is 44.7 Å². The first-order valence-corrected chi connectivity index (χ1v) is 8.20. The zero-order valence-corrected chi connectivity index (χ0v) is 13.2. The van der Waals surface area contributed by atoms with Gasteiger partial charge in [0.05, 0.1) is 0 Å². The highest BCUT2D eigenvalue weighted by molar-refractivity contribution is 5.31. The summed E-state index contributed by atoms with van der Waals surface area (Å²) in [7, 11) is 2.27. The van der Waals surface area contributed by atoms with E-state index in [0.717, 1.165) is 43.5 Å². The summed E-state index contributed by atoms with van der Waals surface area (Å²) in [4.78, 5) is 14.1. The molecular weight excluding hydrogens is 262 g/mol. The van der Waals surface area contributed by atoms with Gasteiger partial charge in [-0.3, -0.25) is 4.90 Å². The summed E-state index contributed by atoms with van der Waals surface area (Å²) >= 11 is 0. The lowest BCUT2D eigenvalue weighted by Gasteiger charge is -2.25. The van der Waals surface area contributed by atoms with Gasteiger partial charge >= 0.3 is 0 Å². The van der Waals surface area contributed by atoms with Crippen molar-refractivity contribution in [3.8, 4) is 0 Å². The fourth-order valence-corrected chi connectivity index (χ4v) is 3.55. The Kier molecular flexibility index (Phi) is 4.40. The molecule has 1 aromatic rings. The maximum absolute atomic E-state index is 5.99. The summed E-state index contributed by atoms with van der Waals surface area (Å²) in [5, 5.41) is 0. The van der Waals surface area contributed by atoms with Crippen LogP contribution in [0.4, 0.5) is 5.95 Å². The van der Waals surface area contributed by atoms with Crippen LogP contribution in [0.2, 0.25) is 0 Å². The molecule has 2 saturated heterocycles. The fraction of sp³-hybridized carbons (Fsp3) is 0.750. The molecule has 0 spiro atoms. The largest absolute Gasteiger partial charge is 0.339 e. The smallest absolute Gasteiger partial charge is 0.225 e. The maximum Gasteiger partial charge on any atom is 0.225 e. The molecule has 1 aromatic heterocycles. The van der Waals surface area contributed by atoms with Crippen LogP contribution in [0.15, 0.2) is 12.4 Å². The summed E-state index contributed by atoms with van der Waals surface area (Å²) in [6.45, 7) is 4.24. The minimum absolute atomic E-state index is 0.210. The SMILES string of the molecule is CCC(N)Cc1cnc(N2CCC3CCC(C2)N3C)nc1. The van der Waals surface area contributed by atoms with Gasteiger partial charge in [-0.2, -0.15) is 0 Å². The van der Waals surface area contributed by atoms with E-state index >= 15 is 0 Å². The van der Waals surface area contributed by atoms with Crippen LogP contribution in [0.5, 0.6) is 0 Å². The van der Waals surface area contributed by atoms with E-state index in [9.17, 15) is 0 Å². The molecule has 0 amide bonds. The topological polar surface area (TPSA) is 58.3 Å². The quantitative estimate of drug-likeness (QED) is 0.908. The third kappa shape index (κ3) is 3.19. The first-order chi connectivity index (χ1) is 10.2. The Morgan fingerprint density at radius 2 is 1.95 bits per heavy atom. The van der Waals surface area contributed by atoms with Crippen molar-refractivity contribution in [1.82, 2.24) is 14.9 Å². The van der Waals surface area contributed by atoms with Crippen LogP contribution in [0.25, 0.3) is 0 Å². The van der Waals surface area contributed by atoms with Crippen LogP contribution < -0.4 is 10.6 Å². The van der Waals surface area contributed by atoms with E-state index < -0.39 is 0 Å². The number of nitrogens with zero attached hydrogens (tertiary/aromatic N) is 4. The molecule has 2 aliphatic heterocycles. The number of rotatable bonds is 4. The first kappa shape index (κ1) is 14.7. The van der Waals surface area contributed by atoms with Gasteiger partial charge in [0.1, 0.15) is 0 Å². The number of anilines is 1. The summed E-state index contributed by atoms with van der Waals surface area (Å²) in [6.07, 6.45) is 9.63. The average Bonchev–Trinajstić information content (AvgIpc) is 2.73. The first-order valence-electron chi connectivity index (χ1n) is 8.20. The Labute approximate surface area is 127 Å². The van der Waals surface area contributed by atoms with Crippen LogP contribution in [0.1, 0.15) is 38.2 Å². The monoisotopic (exact) mass is 289 g/mol. The van der Waals surface area contributed by atoms with Gasteiger partial charge in [0.2, 0.25) is 5.95 Å². The molecule has 0 aliphatic carbocycles. The zero-order valence-electron chi connectivity index (χ0n) is 13.2. The summed E-state index contributed by atoms with van der Waals surface area (Å²) < 4.78 is 0. The molecule has 2 aliphatic rings. The van der Waals surface area contributed by atoms with Crippen molar-refractivity contribution in [2.75, 3.05) is 25.0 Å². The number of hydrogen-bond donors (Lipinski definition) is 1. The van der Waals surface area contributed by atoms with Gasteiger partial charge < -0.3 is 10.6 Å². The Morgan fingerprint density at radius 3 is 2.67 bits per heavy atom. The Hall–Kier alpha value is -1.20. The molecule has 5 nitrogen and oxygen atoms in total. The Bertz CT molecular complexity index is 460. The van der Waals surface area contributed by atoms with Gasteiger partial charge in [-0.25, -0.2) is 9.97 Å². The normalized spacial score (nSPS) is 27.7. The lowest BCUT2D eigenvalue weighted by molar-refractivity contribution is 0.254. The van der Waals surface area contributed by atoms with Crippen molar-refractivity contribution >= 4 is 5.95 Å². The standard InChI is InChI=1S/C16H27N5/c1-3-13(17)8-12-9-18-16(19-10-12)21-7-6-14-4-5-15(11-21)20(14)2/h9-10,13-15H,3-8,11,17H2,1-2H3. The van der Waals surface area contributed by atoms with E-state index in [1.165, 1.54) is 19.3 Å². The van der Waals surface area contributed by atoms with E-state index in [-0.39, 0.29) is 6.04 Å². The van der Waals surface area contributed by atoms with E-state index in [0.29, 0.717) is 6.04 Å².